The molecule has 4 aromatic carbocycles. The Hall–Kier alpha value is -4.45. The summed E-state index contributed by atoms with van der Waals surface area (Å²) in [4.78, 5) is 11.3. The number of benzene rings is 4. The summed E-state index contributed by atoms with van der Waals surface area (Å²) in [5, 5.41) is 41.7. The summed E-state index contributed by atoms with van der Waals surface area (Å²) < 4.78 is 5.25. The lowest BCUT2D eigenvalue weighted by Crippen LogP contribution is -2.05. The molecule has 0 saturated carbocycles. The van der Waals surface area contributed by atoms with Gasteiger partial charge in [-0.05, 0) is 103 Å². The predicted octanol–water partition coefficient (Wildman–Crippen LogP) is 6.34. The Balaban J connectivity index is 1.72. The number of phenolic OH excluding ortho intramolecular Hbond substituents is 4. The number of phenols is 4. The molecular weight excluding hydrogens is 492 g/mol. The highest BCUT2D eigenvalue weighted by Crippen LogP contribution is 2.36. The molecule has 0 radical (unpaired) electrons. The Morgan fingerprint density at radius 3 is 1.64 bits per heavy atom. The summed E-state index contributed by atoms with van der Waals surface area (Å²) in [7, 11) is 1.51. The highest BCUT2D eigenvalue weighted by molar-refractivity contribution is 5.79. The van der Waals surface area contributed by atoms with Crippen LogP contribution in [0.4, 0.5) is 0 Å². The predicted molar refractivity (Wildman–Crippen MR) is 152 cm³/mol. The van der Waals surface area contributed by atoms with Gasteiger partial charge in [-0.15, -0.1) is 0 Å². The Morgan fingerprint density at radius 2 is 1.15 bits per heavy atom. The lowest BCUT2D eigenvalue weighted by molar-refractivity contribution is 0.112. The summed E-state index contributed by atoms with van der Waals surface area (Å²) in [6.07, 6.45) is 2.11. The third kappa shape index (κ3) is 5.55. The van der Waals surface area contributed by atoms with Gasteiger partial charge in [0.15, 0.2) is 17.8 Å². The molecule has 0 bridgehead atoms. The molecule has 4 rings (SSSR count). The van der Waals surface area contributed by atoms with Crippen LogP contribution in [0, 0.1) is 27.7 Å². The first-order chi connectivity index (χ1) is 18.5. The Morgan fingerprint density at radius 1 is 0.667 bits per heavy atom. The van der Waals surface area contributed by atoms with Crippen molar-refractivity contribution in [3.63, 3.8) is 0 Å². The van der Waals surface area contributed by atoms with Crippen molar-refractivity contribution in [2.75, 3.05) is 7.11 Å². The molecule has 0 heterocycles. The molecule has 6 nitrogen and oxygen atoms in total. The molecule has 0 aliphatic carbocycles. The molecule has 0 atom stereocenters. The van der Waals surface area contributed by atoms with Gasteiger partial charge in [-0.3, -0.25) is 4.79 Å². The van der Waals surface area contributed by atoms with E-state index >= 15 is 0 Å². The number of ether oxygens (including phenoxy) is 1. The highest BCUT2D eigenvalue weighted by Gasteiger charge is 2.18. The summed E-state index contributed by atoms with van der Waals surface area (Å²) in [5.74, 6) is 0.850. The number of carbonyl (C=O) groups is 1. The molecule has 6 heteroatoms. The highest BCUT2D eigenvalue weighted by atomic mass is 16.5. The van der Waals surface area contributed by atoms with E-state index in [-0.39, 0.29) is 28.6 Å². The van der Waals surface area contributed by atoms with Crippen LogP contribution >= 0.6 is 0 Å². The van der Waals surface area contributed by atoms with Gasteiger partial charge in [0.2, 0.25) is 0 Å². The fourth-order valence-electron chi connectivity index (χ4n) is 5.15. The van der Waals surface area contributed by atoms with Crippen LogP contribution in [0.2, 0.25) is 0 Å². The normalized spacial score (nSPS) is 11.0. The number of rotatable bonds is 8. The first-order valence-electron chi connectivity index (χ1n) is 12.8. The van der Waals surface area contributed by atoms with Gasteiger partial charge in [0, 0.05) is 24.0 Å². The molecule has 4 N–H and O–H groups in total. The Kier molecular flexibility index (Phi) is 7.86. The third-order valence-electron chi connectivity index (χ3n) is 7.57. The van der Waals surface area contributed by atoms with Crippen molar-refractivity contribution in [3.05, 3.63) is 110 Å². The van der Waals surface area contributed by atoms with Crippen LogP contribution in [0.5, 0.6) is 28.7 Å². The van der Waals surface area contributed by atoms with Crippen molar-refractivity contribution in [1.29, 1.82) is 0 Å². The zero-order valence-electron chi connectivity index (χ0n) is 22.9. The molecule has 0 saturated heterocycles. The topological polar surface area (TPSA) is 107 Å². The number of carbonyl (C=O) groups excluding carboxylic acids is 1. The second kappa shape index (κ2) is 11.1. The minimum absolute atomic E-state index is 0.0655. The number of hydrogen-bond acceptors (Lipinski definition) is 6. The van der Waals surface area contributed by atoms with Crippen molar-refractivity contribution >= 4 is 6.29 Å². The molecular formula is C33H34O6. The Bertz CT molecular complexity index is 1570. The average molecular weight is 527 g/mol. The van der Waals surface area contributed by atoms with Crippen molar-refractivity contribution in [2.24, 2.45) is 0 Å². The molecule has 0 aliphatic rings. The van der Waals surface area contributed by atoms with E-state index in [1.807, 2.05) is 45.9 Å². The Labute approximate surface area is 228 Å². The lowest BCUT2D eigenvalue weighted by atomic mass is 9.86. The van der Waals surface area contributed by atoms with Gasteiger partial charge in [-0.25, -0.2) is 0 Å². The zero-order valence-corrected chi connectivity index (χ0v) is 22.9. The van der Waals surface area contributed by atoms with Gasteiger partial charge < -0.3 is 25.2 Å². The fraction of sp³-hybridized carbons (Fsp3) is 0.242. The van der Waals surface area contributed by atoms with Crippen LogP contribution in [0.15, 0.2) is 48.5 Å². The molecule has 0 aliphatic heterocycles. The molecule has 0 fully saturated rings. The largest absolute Gasteiger partial charge is 0.507 e. The van der Waals surface area contributed by atoms with Crippen molar-refractivity contribution < 1.29 is 30.0 Å². The van der Waals surface area contributed by atoms with E-state index in [0.717, 1.165) is 55.6 Å². The SMILES string of the molecule is COc1cc(Cc2c(C)c(Cc3cc(C)c(O)c(Cc4ccc(O)c(C=O)c4)c3C)cc(C)c2O)ccc1O. The maximum Gasteiger partial charge on any atom is 0.160 e. The summed E-state index contributed by atoms with van der Waals surface area (Å²) in [6.45, 7) is 7.74. The van der Waals surface area contributed by atoms with Crippen LogP contribution in [-0.2, 0) is 19.3 Å². The second-order valence-corrected chi connectivity index (χ2v) is 10.2. The molecule has 0 spiro atoms. The number of aldehydes is 1. The van der Waals surface area contributed by atoms with Gasteiger partial charge in [0.1, 0.15) is 17.2 Å². The van der Waals surface area contributed by atoms with Crippen molar-refractivity contribution in [3.8, 4) is 28.7 Å². The van der Waals surface area contributed by atoms with E-state index < -0.39 is 0 Å². The van der Waals surface area contributed by atoms with Gasteiger partial charge in [0.25, 0.3) is 0 Å². The maximum absolute atomic E-state index is 11.3. The minimum atomic E-state index is -0.0700. The molecule has 0 amide bonds. The molecule has 202 valence electrons. The van der Waals surface area contributed by atoms with Crippen LogP contribution < -0.4 is 4.74 Å². The average Bonchev–Trinajstić information content (AvgIpc) is 2.92. The van der Waals surface area contributed by atoms with Gasteiger partial charge >= 0.3 is 0 Å². The van der Waals surface area contributed by atoms with E-state index in [0.29, 0.717) is 31.3 Å². The first-order valence-corrected chi connectivity index (χ1v) is 12.8. The van der Waals surface area contributed by atoms with Crippen molar-refractivity contribution in [1.82, 2.24) is 0 Å². The number of aryl methyl sites for hydroxylation is 2. The minimum Gasteiger partial charge on any atom is -0.507 e. The summed E-state index contributed by atoms with van der Waals surface area (Å²) in [5.41, 5.74) is 9.10. The van der Waals surface area contributed by atoms with E-state index in [4.69, 9.17) is 4.74 Å². The van der Waals surface area contributed by atoms with Gasteiger partial charge in [0.05, 0.1) is 12.7 Å². The zero-order chi connectivity index (χ0) is 28.4. The number of hydrogen-bond donors (Lipinski definition) is 4. The number of methoxy groups -OCH3 is 1. The van der Waals surface area contributed by atoms with Crippen LogP contribution in [0.25, 0.3) is 0 Å². The summed E-state index contributed by atoms with van der Waals surface area (Å²) in [6, 6.07) is 14.1. The van der Waals surface area contributed by atoms with E-state index in [1.165, 1.54) is 13.2 Å². The van der Waals surface area contributed by atoms with Gasteiger partial charge in [-0.2, -0.15) is 0 Å². The molecule has 0 unspecified atom stereocenters. The summed E-state index contributed by atoms with van der Waals surface area (Å²) >= 11 is 0. The fourth-order valence-corrected chi connectivity index (χ4v) is 5.15. The quantitative estimate of drug-likeness (QED) is 0.200. The third-order valence-corrected chi connectivity index (χ3v) is 7.57. The molecule has 0 aromatic heterocycles. The van der Waals surface area contributed by atoms with E-state index in [9.17, 15) is 25.2 Å². The van der Waals surface area contributed by atoms with E-state index in [2.05, 4.69) is 0 Å². The maximum atomic E-state index is 11.3. The molecule has 39 heavy (non-hydrogen) atoms. The van der Waals surface area contributed by atoms with Crippen LogP contribution in [-0.4, -0.2) is 33.8 Å². The van der Waals surface area contributed by atoms with Crippen molar-refractivity contribution in [2.45, 2.75) is 47.0 Å². The lowest BCUT2D eigenvalue weighted by Gasteiger charge is -2.20. The van der Waals surface area contributed by atoms with Crippen LogP contribution in [0.1, 0.15) is 66.0 Å². The standard InChI is InChI=1S/C33H34O6/c1-18-10-24(20(3)27(32(18)37)13-22-6-8-29(35)26(12-22)17-34)16-25-11-19(2)33(38)28(21(25)4)14-23-7-9-30(36)31(15-23)39-5/h6-12,15,17,35-38H,13-14,16H2,1-5H3. The molecule has 4 aromatic rings. The second-order valence-electron chi connectivity index (χ2n) is 10.2. The van der Waals surface area contributed by atoms with Crippen LogP contribution in [0.3, 0.4) is 0 Å². The monoisotopic (exact) mass is 526 g/mol. The van der Waals surface area contributed by atoms with Gasteiger partial charge in [-0.1, -0.05) is 24.3 Å². The first kappa shape index (κ1) is 27.6. The number of aromatic hydroxyl groups is 4. The smallest absolute Gasteiger partial charge is 0.160 e. The van der Waals surface area contributed by atoms with E-state index in [1.54, 1.807) is 24.3 Å².